The molecule has 1 aromatic rings. The Morgan fingerprint density at radius 3 is 1.47 bits per heavy atom. The highest BCUT2D eigenvalue weighted by Gasteiger charge is 2.26. The zero-order valence-corrected chi connectivity index (χ0v) is 19.8. The Hall–Kier alpha value is -2.19. The van der Waals surface area contributed by atoms with E-state index in [1.807, 2.05) is 0 Å². The Labute approximate surface area is 198 Å². The predicted molar refractivity (Wildman–Crippen MR) is 117 cm³/mol. The van der Waals surface area contributed by atoms with Gasteiger partial charge in [-0.2, -0.15) is 0 Å². The maximum Gasteiger partial charge on any atom is 0.306 e. The molecule has 0 aliphatic carbocycles. The summed E-state index contributed by atoms with van der Waals surface area (Å²) in [6.45, 7) is 1.41. The molecule has 0 unspecified atom stereocenters. The minimum atomic E-state index is -2.28. The van der Waals surface area contributed by atoms with Gasteiger partial charge in [-0.25, -0.2) is 22.0 Å². The Balaban J connectivity index is 2.08. The van der Waals surface area contributed by atoms with Gasteiger partial charge in [0, 0.05) is 12.8 Å². The third-order valence-electron chi connectivity index (χ3n) is 5.45. The fraction of sp³-hybridized carbons (Fsp3) is 0.680. The lowest BCUT2D eigenvalue weighted by Gasteiger charge is -2.09. The van der Waals surface area contributed by atoms with Crippen LogP contribution in [0.15, 0.2) is 0 Å². The zero-order chi connectivity index (χ0) is 25.3. The summed E-state index contributed by atoms with van der Waals surface area (Å²) in [5.74, 6) is -12.0. The van der Waals surface area contributed by atoms with E-state index in [1.54, 1.807) is 0 Å². The summed E-state index contributed by atoms with van der Waals surface area (Å²) in [4.78, 5) is 23.3. The van der Waals surface area contributed by atoms with Crippen molar-refractivity contribution >= 4 is 11.9 Å². The molecule has 0 fully saturated rings. The Bertz CT molecular complexity index is 741. The lowest BCUT2D eigenvalue weighted by Crippen LogP contribution is -2.12. The summed E-state index contributed by atoms with van der Waals surface area (Å²) in [5, 5.41) is 0. The van der Waals surface area contributed by atoms with Crippen molar-refractivity contribution in [2.75, 3.05) is 6.61 Å². The number of ether oxygens (including phenoxy) is 2. The number of unbranched alkanes of at least 4 members (excludes halogenated alkanes) is 10. The van der Waals surface area contributed by atoms with Crippen LogP contribution in [0.2, 0.25) is 0 Å². The Morgan fingerprint density at radius 2 is 0.971 bits per heavy atom. The second-order valence-electron chi connectivity index (χ2n) is 8.32. The maximum atomic E-state index is 13.5. The minimum Gasteiger partial charge on any atom is -0.466 e. The first-order valence-corrected chi connectivity index (χ1v) is 12.1. The van der Waals surface area contributed by atoms with Crippen molar-refractivity contribution in [2.45, 2.75) is 103 Å². The summed E-state index contributed by atoms with van der Waals surface area (Å²) in [6, 6.07) is 0. The number of benzene rings is 1. The molecule has 0 aliphatic rings. The van der Waals surface area contributed by atoms with Crippen molar-refractivity contribution < 1.29 is 41.0 Å². The average molecular weight is 495 g/mol. The van der Waals surface area contributed by atoms with Crippen LogP contribution < -0.4 is 0 Å². The molecule has 0 radical (unpaired) electrons. The van der Waals surface area contributed by atoms with Gasteiger partial charge in [-0.3, -0.25) is 9.59 Å². The van der Waals surface area contributed by atoms with Crippen LogP contribution in [0.3, 0.4) is 0 Å². The van der Waals surface area contributed by atoms with E-state index in [9.17, 15) is 31.5 Å². The van der Waals surface area contributed by atoms with Crippen LogP contribution in [0, 0.1) is 29.1 Å². The molecular formula is C25H35F5O4. The number of rotatable bonds is 18. The number of carbonyl (C=O) groups is 2. The fourth-order valence-electron chi connectivity index (χ4n) is 3.40. The highest BCUT2D eigenvalue weighted by atomic mass is 19.2. The van der Waals surface area contributed by atoms with Crippen LogP contribution in [0.1, 0.15) is 102 Å². The number of esters is 2. The van der Waals surface area contributed by atoms with Crippen molar-refractivity contribution in [3.8, 4) is 0 Å². The highest BCUT2D eigenvalue weighted by molar-refractivity contribution is 5.72. The van der Waals surface area contributed by atoms with Crippen LogP contribution in [0.4, 0.5) is 22.0 Å². The van der Waals surface area contributed by atoms with Crippen molar-refractivity contribution in [2.24, 2.45) is 0 Å². The van der Waals surface area contributed by atoms with Crippen molar-refractivity contribution in [1.29, 1.82) is 0 Å². The van der Waals surface area contributed by atoms with Gasteiger partial charge in [0.05, 0.1) is 12.2 Å². The molecule has 0 saturated carbocycles. The number of hydrogen-bond donors (Lipinski definition) is 0. The molecule has 1 aromatic carbocycles. The molecule has 9 heteroatoms. The topological polar surface area (TPSA) is 52.6 Å². The molecule has 0 atom stereocenters. The van der Waals surface area contributed by atoms with Gasteiger partial charge in [-0.15, -0.1) is 0 Å². The molecule has 0 spiro atoms. The lowest BCUT2D eigenvalue weighted by atomic mass is 10.1. The first-order valence-electron chi connectivity index (χ1n) is 12.1. The van der Waals surface area contributed by atoms with Gasteiger partial charge in [0.2, 0.25) is 5.82 Å². The number of carbonyl (C=O) groups excluding carboxylic acids is 2. The number of halogens is 5. The molecule has 0 heterocycles. The molecule has 1 rings (SSSR count). The van der Waals surface area contributed by atoms with E-state index >= 15 is 0 Å². The van der Waals surface area contributed by atoms with Crippen molar-refractivity contribution in [3.63, 3.8) is 0 Å². The van der Waals surface area contributed by atoms with Gasteiger partial charge >= 0.3 is 11.9 Å². The first-order chi connectivity index (χ1) is 16.3. The molecule has 0 N–H and O–H groups in total. The third kappa shape index (κ3) is 11.3. The van der Waals surface area contributed by atoms with Gasteiger partial charge < -0.3 is 9.47 Å². The smallest absolute Gasteiger partial charge is 0.306 e. The average Bonchev–Trinajstić information content (AvgIpc) is 2.82. The monoisotopic (exact) mass is 494 g/mol. The second-order valence-corrected chi connectivity index (χ2v) is 8.32. The van der Waals surface area contributed by atoms with E-state index in [-0.39, 0.29) is 19.3 Å². The third-order valence-corrected chi connectivity index (χ3v) is 5.45. The number of hydrogen-bond acceptors (Lipinski definition) is 4. The van der Waals surface area contributed by atoms with Crippen molar-refractivity contribution in [3.05, 3.63) is 34.6 Å². The molecule has 194 valence electrons. The standard InChI is InChI=1S/C25H35F5O4/c1-2-3-4-5-6-7-8-9-10-11-12-16-33-19(31)14-13-15-20(32)34-17-18-21(26)23(28)25(30)24(29)22(18)27/h2-17H2,1H3. The molecule has 34 heavy (non-hydrogen) atoms. The maximum absolute atomic E-state index is 13.5. The SMILES string of the molecule is CCCCCCCCCCCCCOC(=O)CCCC(=O)OCc1c(F)c(F)c(F)c(F)c1F. The molecule has 0 aromatic heterocycles. The van der Waals surface area contributed by atoms with Crippen molar-refractivity contribution in [1.82, 2.24) is 0 Å². The van der Waals surface area contributed by atoms with Gasteiger partial charge in [0.25, 0.3) is 0 Å². The molecule has 0 bridgehead atoms. The predicted octanol–water partition coefficient (Wildman–Crippen LogP) is 7.45. The molecule has 0 amide bonds. The van der Waals surface area contributed by atoms with Gasteiger partial charge in [-0.1, -0.05) is 71.1 Å². The van der Waals surface area contributed by atoms with Gasteiger partial charge in [0.1, 0.15) is 6.61 Å². The van der Waals surface area contributed by atoms with Gasteiger partial charge in [0.15, 0.2) is 23.3 Å². The molecule has 0 saturated heterocycles. The van der Waals surface area contributed by atoms with Crippen LogP contribution in [0.25, 0.3) is 0 Å². The molecular weight excluding hydrogens is 459 g/mol. The van der Waals surface area contributed by atoms with E-state index in [2.05, 4.69) is 11.7 Å². The van der Waals surface area contributed by atoms with E-state index in [0.717, 1.165) is 19.3 Å². The van der Waals surface area contributed by atoms with Gasteiger partial charge in [-0.05, 0) is 12.8 Å². The Kier molecular flexibility index (Phi) is 15.2. The second kappa shape index (κ2) is 17.3. The molecule has 4 nitrogen and oxygen atoms in total. The normalized spacial score (nSPS) is 11.0. The zero-order valence-electron chi connectivity index (χ0n) is 19.8. The molecule has 0 aliphatic heterocycles. The fourth-order valence-corrected chi connectivity index (χ4v) is 3.40. The largest absolute Gasteiger partial charge is 0.466 e. The van der Waals surface area contributed by atoms with E-state index in [1.165, 1.54) is 51.4 Å². The summed E-state index contributed by atoms with van der Waals surface area (Å²) in [7, 11) is 0. The quantitative estimate of drug-likeness (QED) is 0.0699. The first kappa shape index (κ1) is 29.8. The summed E-state index contributed by atoms with van der Waals surface area (Å²) in [6.07, 6.45) is 12.8. The Morgan fingerprint density at radius 1 is 0.559 bits per heavy atom. The lowest BCUT2D eigenvalue weighted by molar-refractivity contribution is -0.146. The van der Waals surface area contributed by atoms with E-state index in [4.69, 9.17) is 4.74 Å². The summed E-state index contributed by atoms with van der Waals surface area (Å²) >= 11 is 0. The minimum absolute atomic E-state index is 0.0460. The summed E-state index contributed by atoms with van der Waals surface area (Å²) < 4.78 is 76.0. The van der Waals surface area contributed by atoms with Crippen LogP contribution in [0.5, 0.6) is 0 Å². The van der Waals surface area contributed by atoms with E-state index < -0.39 is 53.2 Å². The van der Waals surface area contributed by atoms with Crippen LogP contribution in [-0.2, 0) is 25.7 Å². The van der Waals surface area contributed by atoms with E-state index in [0.29, 0.717) is 6.61 Å². The highest BCUT2D eigenvalue weighted by Crippen LogP contribution is 2.23. The summed E-state index contributed by atoms with van der Waals surface area (Å²) in [5.41, 5.74) is -1.23. The van der Waals surface area contributed by atoms with Crippen LogP contribution in [-0.4, -0.2) is 18.5 Å². The van der Waals surface area contributed by atoms with Crippen LogP contribution >= 0.6 is 0 Å².